The van der Waals surface area contributed by atoms with Gasteiger partial charge in [-0.2, -0.15) is 0 Å². The van der Waals surface area contributed by atoms with Crippen LogP contribution in [-0.2, 0) is 14.4 Å². The summed E-state index contributed by atoms with van der Waals surface area (Å²) in [7, 11) is 1.45. The fourth-order valence-electron chi connectivity index (χ4n) is 1.96. The summed E-state index contributed by atoms with van der Waals surface area (Å²) in [6.07, 6.45) is 2.77. The Morgan fingerprint density at radius 3 is 2.44 bits per heavy atom. The molecule has 0 aromatic carbocycles. The van der Waals surface area contributed by atoms with Crippen molar-refractivity contribution in [1.29, 1.82) is 0 Å². The van der Waals surface area contributed by atoms with Crippen LogP contribution in [0.3, 0.4) is 0 Å². The van der Waals surface area contributed by atoms with Gasteiger partial charge in [0, 0.05) is 32.0 Å². The third kappa shape index (κ3) is 10.2. The number of carboxylic acids is 1. The Kier molecular flexibility index (Phi) is 10.9. The van der Waals surface area contributed by atoms with Crippen LogP contribution in [0.4, 0.5) is 0 Å². The molecule has 0 aromatic heterocycles. The second-order valence-electron chi connectivity index (χ2n) is 5.52. The van der Waals surface area contributed by atoms with Crippen LogP contribution in [-0.4, -0.2) is 60.1 Å². The van der Waals surface area contributed by atoms with Gasteiger partial charge in [-0.25, -0.2) is 5.84 Å². The van der Waals surface area contributed by atoms with Gasteiger partial charge in [0.25, 0.3) is 0 Å². The molecule has 2 unspecified atom stereocenters. The van der Waals surface area contributed by atoms with Crippen LogP contribution in [0.5, 0.6) is 0 Å². The van der Waals surface area contributed by atoms with E-state index in [-0.39, 0.29) is 12.5 Å². The zero-order valence-corrected chi connectivity index (χ0v) is 14.4. The number of rotatable bonds is 12. The molecule has 0 saturated carbocycles. The molecule has 11 nitrogen and oxygen atoms in total. The Balaban J connectivity index is 4.39. The summed E-state index contributed by atoms with van der Waals surface area (Å²) in [6, 6.07) is -2.08. The third-order valence-corrected chi connectivity index (χ3v) is 3.35. The largest absolute Gasteiger partial charge is 0.480 e. The third-order valence-electron chi connectivity index (χ3n) is 3.35. The van der Waals surface area contributed by atoms with Gasteiger partial charge in [0.15, 0.2) is 0 Å². The molecule has 144 valence electrons. The van der Waals surface area contributed by atoms with E-state index in [9.17, 15) is 14.4 Å². The Morgan fingerprint density at radius 2 is 1.92 bits per heavy atom. The van der Waals surface area contributed by atoms with Crippen LogP contribution < -0.4 is 33.7 Å². The molecule has 2 atom stereocenters. The van der Waals surface area contributed by atoms with Gasteiger partial charge in [0.1, 0.15) is 12.1 Å². The van der Waals surface area contributed by atoms with E-state index in [0.717, 1.165) is 0 Å². The molecule has 25 heavy (non-hydrogen) atoms. The van der Waals surface area contributed by atoms with Crippen molar-refractivity contribution in [2.45, 2.75) is 37.8 Å². The predicted molar refractivity (Wildman–Crippen MR) is 92.3 cm³/mol. The first-order chi connectivity index (χ1) is 11.7. The highest BCUT2D eigenvalue weighted by molar-refractivity contribution is 5.89. The van der Waals surface area contributed by atoms with Gasteiger partial charge >= 0.3 is 5.97 Å². The maximum absolute atomic E-state index is 11.8. The lowest BCUT2D eigenvalue weighted by molar-refractivity contribution is -0.140. The van der Waals surface area contributed by atoms with E-state index in [1.54, 1.807) is 0 Å². The molecule has 0 aliphatic carbocycles. The average Bonchev–Trinajstić information content (AvgIpc) is 2.56. The molecule has 11 N–H and O–H groups in total. The molecule has 0 radical (unpaired) electrons. The van der Waals surface area contributed by atoms with Crippen molar-refractivity contribution in [2.75, 3.05) is 20.1 Å². The predicted octanol–water partition coefficient (Wildman–Crippen LogP) is -2.88. The number of unbranched alkanes of at least 4 members (excludes halogenated alkanes) is 1. The van der Waals surface area contributed by atoms with Gasteiger partial charge in [-0.3, -0.25) is 14.4 Å². The molecule has 0 heterocycles. The quantitative estimate of drug-likeness (QED) is 0.108. The summed E-state index contributed by atoms with van der Waals surface area (Å²) in [4.78, 5) is 34.3. The van der Waals surface area contributed by atoms with Crippen LogP contribution in [0.1, 0.15) is 25.7 Å². The summed E-state index contributed by atoms with van der Waals surface area (Å²) in [5, 5.41) is 15.1. The van der Waals surface area contributed by atoms with Crippen LogP contribution in [0, 0.1) is 0 Å². The van der Waals surface area contributed by atoms with Crippen molar-refractivity contribution in [3.8, 4) is 0 Å². The highest BCUT2D eigenvalue weighted by Crippen LogP contribution is 2.04. The smallest absolute Gasteiger partial charge is 0.321 e. The zero-order chi connectivity index (χ0) is 19.4. The first kappa shape index (κ1) is 22.6. The summed E-state index contributed by atoms with van der Waals surface area (Å²) < 4.78 is 0. The van der Waals surface area contributed by atoms with Crippen LogP contribution >= 0.6 is 0 Å². The van der Waals surface area contributed by atoms with E-state index in [1.807, 2.05) is 0 Å². The lowest BCUT2D eigenvalue weighted by Gasteiger charge is -2.19. The minimum Gasteiger partial charge on any atom is -0.480 e. The molecule has 2 amide bonds. The van der Waals surface area contributed by atoms with E-state index >= 15 is 0 Å². The van der Waals surface area contributed by atoms with Gasteiger partial charge in [0.05, 0.1) is 6.42 Å². The van der Waals surface area contributed by atoms with Crippen LogP contribution in [0.2, 0.25) is 0 Å². The fourth-order valence-corrected chi connectivity index (χ4v) is 1.96. The van der Waals surface area contributed by atoms with Crippen molar-refractivity contribution in [2.24, 2.45) is 23.0 Å². The maximum Gasteiger partial charge on any atom is 0.321 e. The number of likely N-dealkylation sites (N-methyl/N-ethyl adjacent to an activating group) is 1. The number of hydrazine groups is 1. The number of nitrogens with one attached hydrogen (secondary N) is 2. The number of hydrogen-bond acceptors (Lipinski definition) is 8. The van der Waals surface area contributed by atoms with Crippen molar-refractivity contribution < 1.29 is 19.5 Å². The molecule has 0 spiro atoms. The van der Waals surface area contributed by atoms with E-state index in [2.05, 4.69) is 10.6 Å². The van der Waals surface area contributed by atoms with Crippen molar-refractivity contribution in [3.05, 3.63) is 11.9 Å². The Bertz CT molecular complexity index is 484. The van der Waals surface area contributed by atoms with E-state index in [4.69, 9.17) is 28.2 Å². The number of aliphatic carboxylic acids is 1. The molecular weight excluding hydrogens is 330 g/mol. The Labute approximate surface area is 146 Å². The molecule has 11 heteroatoms. The topological polar surface area (TPSA) is 203 Å². The molecule has 0 bridgehead atoms. The Hall–Kier alpha value is -2.37. The number of nitrogens with two attached hydrogens (primary N) is 4. The van der Waals surface area contributed by atoms with Crippen LogP contribution in [0.25, 0.3) is 0 Å². The lowest BCUT2D eigenvalue weighted by atomic mass is 10.1. The molecule has 0 aliphatic heterocycles. The minimum atomic E-state index is -1.31. The van der Waals surface area contributed by atoms with E-state index in [0.29, 0.717) is 31.5 Å². The molecule has 0 aromatic rings. The van der Waals surface area contributed by atoms with Gasteiger partial charge < -0.3 is 38.0 Å². The summed E-state index contributed by atoms with van der Waals surface area (Å²) >= 11 is 0. The monoisotopic (exact) mass is 359 g/mol. The highest BCUT2D eigenvalue weighted by atomic mass is 16.4. The maximum atomic E-state index is 11.8. The minimum absolute atomic E-state index is 0.205. The standard InChI is InChI=1S/C14H29N7O4/c1-19-13(23)11(20-12(22)6-10(17)14(24)25)4-2-3-5-21(18)8-9(16)7-15/h8,10-11H,2-7,15-18H2,1H3,(H,19,23)(H,20,22)(H,24,25)/b9-8-. The molecule has 0 aliphatic rings. The first-order valence-electron chi connectivity index (χ1n) is 7.88. The normalized spacial score (nSPS) is 13.7. The molecule has 0 saturated heterocycles. The Morgan fingerprint density at radius 1 is 1.28 bits per heavy atom. The van der Waals surface area contributed by atoms with Gasteiger partial charge in [-0.1, -0.05) is 0 Å². The average molecular weight is 359 g/mol. The molecule has 0 rings (SSSR count). The van der Waals surface area contributed by atoms with E-state index in [1.165, 1.54) is 18.3 Å². The number of hydrogen-bond donors (Lipinski definition) is 7. The summed E-state index contributed by atoms with van der Waals surface area (Å²) in [6.45, 7) is 0.704. The van der Waals surface area contributed by atoms with E-state index < -0.39 is 30.4 Å². The lowest BCUT2D eigenvalue weighted by Crippen LogP contribution is -2.47. The molecule has 0 fully saturated rings. The SMILES string of the molecule is CNC(=O)C(CCCCN(N)/C=C(\N)CN)NC(=O)CC(N)C(=O)O. The van der Waals surface area contributed by atoms with Crippen molar-refractivity contribution in [1.82, 2.24) is 15.6 Å². The fraction of sp³-hybridized carbons (Fsp3) is 0.643. The number of amides is 2. The van der Waals surface area contributed by atoms with Gasteiger partial charge in [-0.15, -0.1) is 0 Å². The molecular formula is C14H29N7O4. The summed E-state index contributed by atoms with van der Waals surface area (Å²) in [5.41, 5.74) is 16.7. The highest BCUT2D eigenvalue weighted by Gasteiger charge is 2.22. The second kappa shape index (κ2) is 12.1. The number of carbonyl (C=O) groups excluding carboxylic acids is 2. The zero-order valence-electron chi connectivity index (χ0n) is 14.4. The second-order valence-corrected chi connectivity index (χ2v) is 5.52. The first-order valence-corrected chi connectivity index (χ1v) is 7.88. The van der Waals surface area contributed by atoms with Gasteiger partial charge in [0.2, 0.25) is 11.8 Å². The van der Waals surface area contributed by atoms with Gasteiger partial charge in [-0.05, 0) is 19.3 Å². The number of carbonyl (C=O) groups is 3. The number of nitrogens with zero attached hydrogens (tertiary/aromatic N) is 1. The van der Waals surface area contributed by atoms with Crippen molar-refractivity contribution in [3.63, 3.8) is 0 Å². The number of carboxylic acid groups (broad SMARTS) is 1. The summed E-state index contributed by atoms with van der Waals surface area (Å²) in [5.74, 6) is 3.48. The van der Waals surface area contributed by atoms with Crippen molar-refractivity contribution >= 4 is 17.8 Å². The van der Waals surface area contributed by atoms with Crippen LogP contribution in [0.15, 0.2) is 11.9 Å².